The number of aliphatic imine (C=N–C) groups is 1. The highest BCUT2D eigenvalue weighted by Gasteiger charge is 2.43. The van der Waals surface area contributed by atoms with Gasteiger partial charge < -0.3 is 34.6 Å². The number of pyridine rings is 1. The molecule has 2 aromatic carbocycles. The fourth-order valence-corrected chi connectivity index (χ4v) is 5.25. The number of hydrogen-bond acceptors (Lipinski definition) is 8. The SMILES string of the molecule is C=NCN.CC.COc1cc2c(Oc3ccc4[nH]c(C)cc4c3)ccnc2cc1OCCCN1CCC2(COC2)C1. The van der Waals surface area contributed by atoms with Gasteiger partial charge >= 0.3 is 0 Å². The third kappa shape index (κ3) is 7.35. The molecule has 0 unspecified atom stereocenters. The van der Waals surface area contributed by atoms with E-state index < -0.39 is 0 Å². The van der Waals surface area contributed by atoms with Crippen molar-refractivity contribution in [3.63, 3.8) is 0 Å². The van der Waals surface area contributed by atoms with E-state index in [4.69, 9.17) is 24.7 Å². The molecule has 2 fully saturated rings. The van der Waals surface area contributed by atoms with Gasteiger partial charge in [-0.25, -0.2) is 0 Å². The fraction of sp³-hybridized carbons (Fsp3) is 0.438. The molecule has 0 atom stereocenters. The third-order valence-electron chi connectivity index (χ3n) is 7.28. The first kappa shape index (κ1) is 30.3. The van der Waals surface area contributed by atoms with E-state index in [2.05, 4.69) is 39.6 Å². The molecule has 0 radical (unpaired) electrons. The van der Waals surface area contributed by atoms with E-state index in [1.54, 1.807) is 13.3 Å². The Morgan fingerprint density at radius 1 is 1.12 bits per heavy atom. The zero-order valence-electron chi connectivity index (χ0n) is 24.7. The molecule has 2 aliphatic rings. The Balaban J connectivity index is 0.000000596. The zero-order valence-corrected chi connectivity index (χ0v) is 24.7. The first-order valence-electron chi connectivity index (χ1n) is 14.3. The predicted octanol–water partition coefficient (Wildman–Crippen LogP) is 5.95. The van der Waals surface area contributed by atoms with Gasteiger partial charge in [-0.2, -0.15) is 0 Å². The lowest BCUT2D eigenvalue weighted by molar-refractivity contribution is -0.105. The summed E-state index contributed by atoms with van der Waals surface area (Å²) in [7, 11) is 1.66. The van der Waals surface area contributed by atoms with E-state index in [1.807, 2.05) is 50.2 Å². The van der Waals surface area contributed by atoms with Crippen molar-refractivity contribution >= 4 is 28.5 Å². The fourth-order valence-electron chi connectivity index (χ4n) is 5.25. The number of nitrogens with zero attached hydrogens (tertiary/aromatic N) is 3. The van der Waals surface area contributed by atoms with Gasteiger partial charge in [-0.15, -0.1) is 0 Å². The highest BCUT2D eigenvalue weighted by atomic mass is 16.5. The van der Waals surface area contributed by atoms with Gasteiger partial charge in [-0.1, -0.05) is 13.8 Å². The molecule has 4 aromatic rings. The highest BCUT2D eigenvalue weighted by Crippen LogP contribution is 2.39. The number of nitrogens with one attached hydrogen (secondary N) is 1. The van der Waals surface area contributed by atoms with Crippen LogP contribution in [-0.4, -0.2) is 74.8 Å². The van der Waals surface area contributed by atoms with Crippen molar-refractivity contribution in [2.24, 2.45) is 16.1 Å². The van der Waals surface area contributed by atoms with Crippen LogP contribution in [0.5, 0.6) is 23.0 Å². The van der Waals surface area contributed by atoms with Gasteiger partial charge in [0.1, 0.15) is 11.5 Å². The second-order valence-electron chi connectivity index (χ2n) is 10.3. The summed E-state index contributed by atoms with van der Waals surface area (Å²) in [6, 6.07) is 13.9. The number of H-pyrrole nitrogens is 1. The summed E-state index contributed by atoms with van der Waals surface area (Å²) in [6.45, 7) is 15.3. The molecule has 9 heteroatoms. The van der Waals surface area contributed by atoms with Crippen LogP contribution in [0.1, 0.15) is 32.4 Å². The van der Waals surface area contributed by atoms with Crippen LogP contribution in [0, 0.1) is 12.3 Å². The molecule has 2 aromatic heterocycles. The summed E-state index contributed by atoms with van der Waals surface area (Å²) in [5.74, 6) is 2.90. The summed E-state index contributed by atoms with van der Waals surface area (Å²) >= 11 is 0. The Kier molecular flexibility index (Phi) is 10.6. The Labute approximate surface area is 242 Å². The lowest BCUT2D eigenvalue weighted by Gasteiger charge is -2.37. The molecule has 6 rings (SSSR count). The molecule has 0 amide bonds. The predicted molar refractivity (Wildman–Crippen MR) is 166 cm³/mol. The first-order chi connectivity index (χ1) is 20.0. The number of ether oxygens (including phenoxy) is 4. The second kappa shape index (κ2) is 14.3. The minimum atomic E-state index is 0.333. The largest absolute Gasteiger partial charge is 0.493 e. The Bertz CT molecular complexity index is 1430. The van der Waals surface area contributed by atoms with E-state index in [1.165, 1.54) is 6.42 Å². The number of aryl methyl sites for hydroxylation is 1. The average Bonchev–Trinajstić information content (AvgIpc) is 3.59. The van der Waals surface area contributed by atoms with E-state index in [0.29, 0.717) is 30.2 Å². The van der Waals surface area contributed by atoms with Crippen molar-refractivity contribution in [3.05, 3.63) is 54.4 Å². The minimum Gasteiger partial charge on any atom is -0.493 e. The van der Waals surface area contributed by atoms with Crippen LogP contribution in [-0.2, 0) is 4.74 Å². The van der Waals surface area contributed by atoms with Crippen molar-refractivity contribution in [1.82, 2.24) is 14.9 Å². The quantitative estimate of drug-likeness (QED) is 0.192. The molecule has 0 saturated carbocycles. The van der Waals surface area contributed by atoms with Gasteiger partial charge in [-0.3, -0.25) is 9.98 Å². The molecule has 2 saturated heterocycles. The van der Waals surface area contributed by atoms with Crippen molar-refractivity contribution < 1.29 is 18.9 Å². The normalized spacial score (nSPS) is 15.4. The van der Waals surface area contributed by atoms with Crippen LogP contribution < -0.4 is 19.9 Å². The number of nitrogens with two attached hydrogens (primary N) is 1. The van der Waals surface area contributed by atoms with E-state index >= 15 is 0 Å². The molecule has 0 aliphatic carbocycles. The summed E-state index contributed by atoms with van der Waals surface area (Å²) in [6.07, 6.45) is 3.98. The monoisotopic (exact) mass is 561 g/mol. The van der Waals surface area contributed by atoms with Crippen molar-refractivity contribution in [1.29, 1.82) is 0 Å². The van der Waals surface area contributed by atoms with Gasteiger partial charge in [0, 0.05) is 52.8 Å². The smallest absolute Gasteiger partial charge is 0.163 e. The van der Waals surface area contributed by atoms with Crippen LogP contribution in [0.15, 0.2) is 53.7 Å². The standard InChI is InChI=1S/C28H31N3O4.C2H6N2.C2H6/c1-19-12-20-13-21(4-5-23(20)30-19)35-25-6-8-29-24-15-27(26(32-2)14-22(24)25)34-11-3-9-31-10-7-28(16-31)17-33-18-28;1-4-2-3;1-2/h4-6,8,12-15,30H,3,7,9-11,16-18H2,1-2H3;1-3H2;1-2H3. The molecule has 0 bridgehead atoms. The van der Waals surface area contributed by atoms with Crippen LogP contribution >= 0.6 is 0 Å². The maximum atomic E-state index is 6.27. The molecule has 220 valence electrons. The maximum absolute atomic E-state index is 6.27. The number of aromatic nitrogens is 2. The molecular formula is C32H43N5O4. The lowest BCUT2D eigenvalue weighted by atomic mass is 9.85. The van der Waals surface area contributed by atoms with Crippen LogP contribution in [0.25, 0.3) is 21.8 Å². The maximum Gasteiger partial charge on any atom is 0.163 e. The molecule has 3 N–H and O–H groups in total. The number of rotatable bonds is 9. The van der Waals surface area contributed by atoms with Crippen LogP contribution in [0.4, 0.5) is 0 Å². The van der Waals surface area contributed by atoms with Crippen molar-refractivity contribution in [3.8, 4) is 23.0 Å². The van der Waals surface area contributed by atoms with E-state index in [9.17, 15) is 0 Å². The Morgan fingerprint density at radius 3 is 2.61 bits per heavy atom. The summed E-state index contributed by atoms with van der Waals surface area (Å²) in [4.78, 5) is 13.7. The number of likely N-dealkylation sites (tertiary alicyclic amines) is 1. The molecule has 41 heavy (non-hydrogen) atoms. The Hall–Kier alpha value is -3.66. The molecule has 1 spiro atoms. The summed E-state index contributed by atoms with van der Waals surface area (Å²) in [5, 5.41) is 2.00. The van der Waals surface area contributed by atoms with Gasteiger partial charge in [-0.05, 0) is 69.4 Å². The molecule has 9 nitrogen and oxygen atoms in total. The van der Waals surface area contributed by atoms with Crippen LogP contribution in [0.3, 0.4) is 0 Å². The number of hydrogen-bond donors (Lipinski definition) is 2. The molecular weight excluding hydrogens is 518 g/mol. The number of fused-ring (bicyclic) bond motifs is 2. The second-order valence-corrected chi connectivity index (χ2v) is 10.3. The zero-order chi connectivity index (χ0) is 29.2. The van der Waals surface area contributed by atoms with E-state index in [-0.39, 0.29) is 0 Å². The average molecular weight is 562 g/mol. The van der Waals surface area contributed by atoms with Gasteiger partial charge in [0.25, 0.3) is 0 Å². The van der Waals surface area contributed by atoms with Gasteiger partial charge in [0.15, 0.2) is 11.5 Å². The number of aromatic amines is 1. The highest BCUT2D eigenvalue weighted by molar-refractivity contribution is 5.88. The first-order valence-corrected chi connectivity index (χ1v) is 14.3. The topological polar surface area (TPSA) is 107 Å². The summed E-state index contributed by atoms with van der Waals surface area (Å²) < 4.78 is 23.5. The van der Waals surface area contributed by atoms with Crippen molar-refractivity contribution in [2.75, 3.05) is 53.2 Å². The van der Waals surface area contributed by atoms with E-state index in [0.717, 1.165) is 78.3 Å². The van der Waals surface area contributed by atoms with Crippen LogP contribution in [0.2, 0.25) is 0 Å². The van der Waals surface area contributed by atoms with Gasteiger partial charge in [0.2, 0.25) is 0 Å². The Morgan fingerprint density at radius 2 is 1.93 bits per heavy atom. The number of methoxy groups -OCH3 is 1. The lowest BCUT2D eigenvalue weighted by Crippen LogP contribution is -2.44. The third-order valence-corrected chi connectivity index (χ3v) is 7.28. The van der Waals surface area contributed by atoms with Gasteiger partial charge in [0.05, 0.1) is 39.1 Å². The molecule has 2 aliphatic heterocycles. The minimum absolute atomic E-state index is 0.333. The number of benzene rings is 2. The molecule has 4 heterocycles. The van der Waals surface area contributed by atoms with Crippen molar-refractivity contribution in [2.45, 2.75) is 33.6 Å². The summed E-state index contributed by atoms with van der Waals surface area (Å²) in [5.41, 5.74) is 8.26.